The summed E-state index contributed by atoms with van der Waals surface area (Å²) in [7, 11) is -3.54. The first-order valence-corrected chi connectivity index (χ1v) is 11.5. The molecule has 0 bridgehead atoms. The van der Waals surface area contributed by atoms with Crippen LogP contribution in [0.3, 0.4) is 0 Å². The predicted octanol–water partition coefficient (Wildman–Crippen LogP) is 1.77. The quantitative estimate of drug-likeness (QED) is 0.664. The zero-order valence-corrected chi connectivity index (χ0v) is 17.1. The lowest BCUT2D eigenvalue weighted by atomic mass is 10.0. The molecule has 0 saturated carbocycles. The van der Waals surface area contributed by atoms with E-state index in [1.807, 2.05) is 0 Å². The summed E-state index contributed by atoms with van der Waals surface area (Å²) in [5.74, 6) is 1.58. The molecule has 2 aliphatic heterocycles. The Balaban J connectivity index is 1.28. The van der Waals surface area contributed by atoms with Gasteiger partial charge in [0, 0.05) is 51.0 Å². The van der Waals surface area contributed by atoms with Gasteiger partial charge in [0.2, 0.25) is 15.9 Å². The fourth-order valence-corrected chi connectivity index (χ4v) is 5.18. The van der Waals surface area contributed by atoms with Gasteiger partial charge in [-0.05, 0) is 37.8 Å². The molecule has 2 aromatic rings. The lowest BCUT2D eigenvalue weighted by Crippen LogP contribution is -2.43. The van der Waals surface area contributed by atoms with Gasteiger partial charge in [0.25, 0.3) is 0 Å². The van der Waals surface area contributed by atoms with Crippen molar-refractivity contribution in [1.82, 2.24) is 19.4 Å². The summed E-state index contributed by atoms with van der Waals surface area (Å²) in [6.07, 6.45) is 6.75. The molecule has 10 heteroatoms. The molecular formula is C19H26N4O5S. The highest BCUT2D eigenvalue weighted by Crippen LogP contribution is 2.25. The molecule has 9 nitrogen and oxygen atoms in total. The maximum Gasteiger partial charge on any atom is 0.244 e. The second kappa shape index (κ2) is 9.29. The van der Waals surface area contributed by atoms with E-state index in [1.54, 1.807) is 18.3 Å². The zero-order chi connectivity index (χ0) is 20.1. The van der Waals surface area contributed by atoms with E-state index in [2.05, 4.69) is 15.1 Å². The van der Waals surface area contributed by atoms with Crippen LogP contribution in [0.4, 0.5) is 0 Å². The first-order valence-electron chi connectivity index (χ1n) is 10.0. The van der Waals surface area contributed by atoms with Crippen molar-refractivity contribution in [1.29, 1.82) is 0 Å². The van der Waals surface area contributed by atoms with E-state index in [9.17, 15) is 8.42 Å². The molecule has 0 aliphatic carbocycles. The average Bonchev–Trinajstić information content (AvgIpc) is 3.24. The van der Waals surface area contributed by atoms with Gasteiger partial charge < -0.3 is 14.0 Å². The topological polar surface area (TPSA) is 108 Å². The average molecular weight is 423 g/mol. The maximum absolute atomic E-state index is 12.8. The van der Waals surface area contributed by atoms with Gasteiger partial charge in [-0.1, -0.05) is 5.16 Å². The molecule has 4 heterocycles. The Morgan fingerprint density at radius 3 is 2.90 bits per heavy atom. The molecule has 2 aliphatic rings. The number of piperidine rings is 1. The van der Waals surface area contributed by atoms with Gasteiger partial charge in [0.1, 0.15) is 4.90 Å². The minimum absolute atomic E-state index is 0.142. The minimum atomic E-state index is -3.54. The third-order valence-electron chi connectivity index (χ3n) is 5.35. The largest absolute Gasteiger partial charge is 0.381 e. The Hall–Kier alpha value is -1.88. The van der Waals surface area contributed by atoms with Gasteiger partial charge >= 0.3 is 0 Å². The number of rotatable bonds is 7. The molecule has 2 fully saturated rings. The van der Waals surface area contributed by atoms with Crippen LogP contribution < -0.4 is 0 Å². The Morgan fingerprint density at radius 1 is 1.24 bits per heavy atom. The first-order chi connectivity index (χ1) is 14.1. The van der Waals surface area contributed by atoms with E-state index in [4.69, 9.17) is 14.0 Å². The fraction of sp³-hybridized carbons (Fsp3) is 0.632. The fourth-order valence-electron chi connectivity index (χ4n) is 3.70. The van der Waals surface area contributed by atoms with Crippen LogP contribution in [0, 0.1) is 0 Å². The van der Waals surface area contributed by atoms with Crippen LogP contribution in [0.5, 0.6) is 0 Å². The highest BCUT2D eigenvalue weighted by Gasteiger charge is 2.31. The van der Waals surface area contributed by atoms with E-state index in [-0.39, 0.29) is 16.9 Å². The second-order valence-electron chi connectivity index (χ2n) is 7.37. The van der Waals surface area contributed by atoms with Crippen LogP contribution in [0.25, 0.3) is 0 Å². The molecule has 2 saturated heterocycles. The summed E-state index contributed by atoms with van der Waals surface area (Å²) < 4.78 is 43.7. The van der Waals surface area contributed by atoms with Crippen molar-refractivity contribution in [3.8, 4) is 0 Å². The molecule has 1 atom stereocenters. The minimum Gasteiger partial charge on any atom is -0.381 e. The zero-order valence-electron chi connectivity index (χ0n) is 16.3. The summed E-state index contributed by atoms with van der Waals surface area (Å²) in [5, 5.41) is 4.05. The van der Waals surface area contributed by atoms with E-state index >= 15 is 0 Å². The predicted molar refractivity (Wildman–Crippen MR) is 103 cm³/mol. The lowest BCUT2D eigenvalue weighted by Gasteiger charge is -2.31. The Kier molecular flexibility index (Phi) is 6.53. The molecule has 4 rings (SSSR count). The van der Waals surface area contributed by atoms with Gasteiger partial charge in [-0.2, -0.15) is 9.29 Å². The van der Waals surface area contributed by atoms with E-state index in [1.165, 1.54) is 10.5 Å². The Labute approximate surface area is 170 Å². The van der Waals surface area contributed by atoms with Crippen molar-refractivity contribution in [3.63, 3.8) is 0 Å². The number of hydrogen-bond donors (Lipinski definition) is 0. The third-order valence-corrected chi connectivity index (χ3v) is 7.20. The van der Waals surface area contributed by atoms with Gasteiger partial charge in [-0.3, -0.25) is 4.98 Å². The van der Waals surface area contributed by atoms with Crippen molar-refractivity contribution in [2.24, 2.45) is 0 Å². The summed E-state index contributed by atoms with van der Waals surface area (Å²) in [5.41, 5.74) is 0. The summed E-state index contributed by atoms with van der Waals surface area (Å²) in [4.78, 5) is 8.62. The van der Waals surface area contributed by atoms with Crippen LogP contribution >= 0.6 is 0 Å². The number of ether oxygens (including phenoxy) is 2. The first kappa shape index (κ1) is 20.4. The van der Waals surface area contributed by atoms with Gasteiger partial charge in [0.15, 0.2) is 5.82 Å². The van der Waals surface area contributed by atoms with Crippen molar-refractivity contribution < 1.29 is 22.4 Å². The molecule has 0 radical (unpaired) electrons. The van der Waals surface area contributed by atoms with Crippen LogP contribution in [-0.2, 0) is 25.9 Å². The molecule has 1 unspecified atom stereocenters. The second-order valence-corrected chi connectivity index (χ2v) is 9.31. The molecule has 0 aromatic carbocycles. The molecule has 0 N–H and O–H groups in total. The van der Waals surface area contributed by atoms with Gasteiger partial charge in [-0.25, -0.2) is 8.42 Å². The number of pyridine rings is 1. The molecule has 2 aromatic heterocycles. The van der Waals surface area contributed by atoms with Crippen molar-refractivity contribution in [2.45, 2.75) is 49.0 Å². The van der Waals surface area contributed by atoms with Gasteiger partial charge in [-0.15, -0.1) is 0 Å². The summed E-state index contributed by atoms with van der Waals surface area (Å²) in [6.45, 7) is 2.72. The highest BCUT2D eigenvalue weighted by molar-refractivity contribution is 7.89. The van der Waals surface area contributed by atoms with E-state index < -0.39 is 10.0 Å². The Morgan fingerprint density at radius 2 is 2.10 bits per heavy atom. The molecule has 0 amide bonds. The number of aromatic nitrogens is 3. The SMILES string of the molecule is O=S(=O)(c1cccnc1)N1CCCC(OCCc2noc(C3CCOCC3)n2)C1. The van der Waals surface area contributed by atoms with E-state index in [0.717, 1.165) is 38.9 Å². The standard InChI is InChI=1S/C19H26N4O5S/c24-29(25,17-4-1-8-20-13-17)23-9-2-3-16(14-23)27-12-7-18-21-19(28-22-18)15-5-10-26-11-6-15/h1,4,8,13,15-16H,2-3,5-7,9-12,14H2. The molecule has 158 valence electrons. The summed E-state index contributed by atoms with van der Waals surface area (Å²) in [6, 6.07) is 3.20. The number of nitrogens with zero attached hydrogens (tertiary/aromatic N) is 4. The van der Waals surface area contributed by atoms with Crippen molar-refractivity contribution in [2.75, 3.05) is 32.9 Å². The van der Waals surface area contributed by atoms with E-state index in [0.29, 0.717) is 37.8 Å². The maximum atomic E-state index is 12.8. The Bertz CT molecular complexity index is 883. The van der Waals surface area contributed by atoms with Gasteiger partial charge in [0.05, 0.1) is 12.7 Å². The van der Waals surface area contributed by atoms with Crippen LogP contribution in [-0.4, -0.2) is 66.9 Å². The van der Waals surface area contributed by atoms with Crippen molar-refractivity contribution >= 4 is 10.0 Å². The van der Waals surface area contributed by atoms with Crippen molar-refractivity contribution in [3.05, 3.63) is 36.2 Å². The molecular weight excluding hydrogens is 396 g/mol. The van der Waals surface area contributed by atoms with Crippen LogP contribution in [0.1, 0.15) is 43.3 Å². The van der Waals surface area contributed by atoms with Crippen LogP contribution in [0.2, 0.25) is 0 Å². The highest BCUT2D eigenvalue weighted by atomic mass is 32.2. The normalized spacial score (nSPS) is 22.0. The number of sulfonamides is 1. The summed E-state index contributed by atoms with van der Waals surface area (Å²) >= 11 is 0. The molecule has 0 spiro atoms. The smallest absolute Gasteiger partial charge is 0.244 e. The van der Waals surface area contributed by atoms with Crippen LogP contribution in [0.15, 0.2) is 33.9 Å². The number of hydrogen-bond acceptors (Lipinski definition) is 8. The lowest BCUT2D eigenvalue weighted by molar-refractivity contribution is 0.0199. The third kappa shape index (κ3) is 5.00. The monoisotopic (exact) mass is 422 g/mol. The molecule has 29 heavy (non-hydrogen) atoms.